The number of hydrogen-bond acceptors (Lipinski definition) is 8. The van der Waals surface area contributed by atoms with Gasteiger partial charge in [-0.15, -0.1) is 0 Å². The van der Waals surface area contributed by atoms with Crippen molar-refractivity contribution < 1.29 is 19.0 Å². The fraction of sp³-hybridized carbons (Fsp3) is 0.432. The van der Waals surface area contributed by atoms with E-state index in [1.54, 1.807) is 0 Å². The second-order valence-corrected chi connectivity index (χ2v) is 16.1. The molecule has 0 aliphatic carbocycles. The molecule has 0 radical (unpaired) electrons. The molecular weight excluding hydrogens is 677 g/mol. The predicted molar refractivity (Wildman–Crippen MR) is 214 cm³/mol. The molecule has 0 unspecified atom stereocenters. The minimum Gasteiger partial charge on any atom is -0.473 e. The van der Waals surface area contributed by atoms with Gasteiger partial charge in [-0.2, -0.15) is 10.1 Å². The van der Waals surface area contributed by atoms with Gasteiger partial charge in [0.25, 0.3) is 0 Å². The van der Waals surface area contributed by atoms with Crippen LogP contribution in [0.1, 0.15) is 58.6 Å². The smallest absolute Gasteiger partial charge is 0.410 e. The number of aromatic nitrogens is 3. The maximum absolute atomic E-state index is 12.6. The van der Waals surface area contributed by atoms with Crippen LogP contribution in [0.2, 0.25) is 0 Å². The Bertz CT molecular complexity index is 2030. The largest absolute Gasteiger partial charge is 0.473 e. The number of pyridine rings is 1. The van der Waals surface area contributed by atoms with Crippen molar-refractivity contribution in [3.8, 4) is 23.0 Å². The molecule has 3 aromatic carbocycles. The number of carbonyl (C=O) groups excluding carboxylic acids is 1. The lowest BCUT2D eigenvalue weighted by Gasteiger charge is -2.50. The van der Waals surface area contributed by atoms with Crippen molar-refractivity contribution in [2.75, 3.05) is 44.2 Å². The van der Waals surface area contributed by atoms with E-state index in [2.05, 4.69) is 41.8 Å². The Morgan fingerprint density at radius 3 is 2.02 bits per heavy atom. The van der Waals surface area contributed by atoms with Gasteiger partial charge < -0.3 is 24.0 Å². The molecule has 2 aliphatic rings. The van der Waals surface area contributed by atoms with E-state index in [9.17, 15) is 4.79 Å². The molecular formula is C44H54N6O4. The lowest BCUT2D eigenvalue weighted by molar-refractivity contribution is -0.0129. The summed E-state index contributed by atoms with van der Waals surface area (Å²) >= 11 is 0. The molecule has 1 amide bonds. The van der Waals surface area contributed by atoms with Crippen LogP contribution in [-0.4, -0.2) is 81.1 Å². The zero-order valence-corrected chi connectivity index (χ0v) is 32.6. The Kier molecular flexibility index (Phi) is 10.8. The Labute approximate surface area is 319 Å². The first kappa shape index (κ1) is 37.2. The number of piperazine rings is 1. The maximum atomic E-state index is 12.6. The van der Waals surface area contributed by atoms with Gasteiger partial charge in [-0.3, -0.25) is 9.58 Å². The van der Waals surface area contributed by atoms with Crippen molar-refractivity contribution >= 4 is 22.7 Å². The van der Waals surface area contributed by atoms with Gasteiger partial charge in [0.15, 0.2) is 0 Å². The first-order valence-corrected chi connectivity index (χ1v) is 19.2. The zero-order valence-electron chi connectivity index (χ0n) is 32.6. The second kappa shape index (κ2) is 15.7. The molecule has 4 heterocycles. The quantitative estimate of drug-likeness (QED) is 0.142. The topological polar surface area (TPSA) is 85.2 Å². The molecule has 2 saturated heterocycles. The highest BCUT2D eigenvalue weighted by Gasteiger charge is 2.39. The minimum absolute atomic E-state index is 0.0451. The number of fused-ring (bicyclic) bond motifs is 1. The monoisotopic (exact) mass is 730 g/mol. The van der Waals surface area contributed by atoms with E-state index in [1.165, 1.54) is 5.69 Å². The Balaban J connectivity index is 1.04. The third kappa shape index (κ3) is 8.49. The first-order valence-electron chi connectivity index (χ1n) is 19.2. The molecule has 2 aromatic heterocycles. The number of nitrogens with zero attached hydrogens (tertiary/aromatic N) is 6. The van der Waals surface area contributed by atoms with E-state index in [1.807, 2.05) is 110 Å². The van der Waals surface area contributed by atoms with Crippen molar-refractivity contribution in [1.29, 1.82) is 0 Å². The van der Waals surface area contributed by atoms with E-state index < -0.39 is 5.60 Å². The third-order valence-electron chi connectivity index (χ3n) is 11.0. The predicted octanol–water partition coefficient (Wildman–Crippen LogP) is 8.34. The molecule has 284 valence electrons. The van der Waals surface area contributed by atoms with Crippen LogP contribution in [0.15, 0.2) is 91.0 Å². The SMILES string of the molecule is Cn1nc(-c2ccc(OCc3ccccc3)nc2OCc2ccccc2)c2ccc(N3CCC(C(C)(C)N4CCN(C(=O)OC(C)(C)C)CC4)CC3)cc21. The summed E-state index contributed by atoms with van der Waals surface area (Å²) in [6, 6.07) is 30.8. The summed E-state index contributed by atoms with van der Waals surface area (Å²) in [5, 5.41) is 6.06. The second-order valence-electron chi connectivity index (χ2n) is 16.1. The number of rotatable bonds is 10. The average Bonchev–Trinajstić information content (AvgIpc) is 3.51. The minimum atomic E-state index is -0.477. The van der Waals surface area contributed by atoms with Crippen molar-refractivity contribution in [3.05, 3.63) is 102 Å². The number of hydrogen-bond donors (Lipinski definition) is 0. The van der Waals surface area contributed by atoms with E-state index in [0.29, 0.717) is 44.0 Å². The molecule has 7 rings (SSSR count). The summed E-state index contributed by atoms with van der Waals surface area (Å²) in [5.74, 6) is 1.56. The summed E-state index contributed by atoms with van der Waals surface area (Å²) in [5.41, 5.74) is 5.63. The normalized spacial score (nSPS) is 16.1. The Hall–Kier alpha value is -5.09. The average molecular weight is 731 g/mol. The fourth-order valence-corrected chi connectivity index (χ4v) is 7.79. The third-order valence-corrected chi connectivity index (χ3v) is 11.0. The number of amides is 1. The lowest BCUT2D eigenvalue weighted by atomic mass is 9.78. The number of aryl methyl sites for hydroxylation is 1. The van der Waals surface area contributed by atoms with Gasteiger partial charge in [0.1, 0.15) is 24.5 Å². The summed E-state index contributed by atoms with van der Waals surface area (Å²) in [4.78, 5) is 24.4. The van der Waals surface area contributed by atoms with Gasteiger partial charge in [0, 0.05) is 69.0 Å². The maximum Gasteiger partial charge on any atom is 0.410 e. The number of anilines is 1. The molecule has 0 bridgehead atoms. The molecule has 0 atom stereocenters. The van der Waals surface area contributed by atoms with Crippen LogP contribution >= 0.6 is 0 Å². The summed E-state index contributed by atoms with van der Waals surface area (Å²) in [6.45, 7) is 16.4. The summed E-state index contributed by atoms with van der Waals surface area (Å²) in [7, 11) is 2.00. The molecule has 0 N–H and O–H groups in total. The molecule has 0 spiro atoms. The fourth-order valence-electron chi connectivity index (χ4n) is 7.79. The van der Waals surface area contributed by atoms with Crippen LogP contribution in [0.25, 0.3) is 22.2 Å². The molecule has 54 heavy (non-hydrogen) atoms. The Morgan fingerprint density at radius 2 is 1.39 bits per heavy atom. The van der Waals surface area contributed by atoms with Crippen LogP contribution in [-0.2, 0) is 25.0 Å². The molecule has 10 heteroatoms. The van der Waals surface area contributed by atoms with Gasteiger partial charge >= 0.3 is 6.09 Å². The number of carbonyl (C=O) groups is 1. The van der Waals surface area contributed by atoms with Gasteiger partial charge in [-0.25, -0.2) is 4.79 Å². The molecule has 2 fully saturated rings. The van der Waals surface area contributed by atoms with E-state index >= 15 is 0 Å². The molecule has 5 aromatic rings. The number of ether oxygens (including phenoxy) is 3. The van der Waals surface area contributed by atoms with Crippen LogP contribution in [0.3, 0.4) is 0 Å². The van der Waals surface area contributed by atoms with Crippen molar-refractivity contribution in [3.63, 3.8) is 0 Å². The highest BCUT2D eigenvalue weighted by atomic mass is 16.6. The lowest BCUT2D eigenvalue weighted by Crippen LogP contribution is -2.59. The van der Waals surface area contributed by atoms with Crippen LogP contribution < -0.4 is 14.4 Å². The molecule has 2 aliphatic heterocycles. The van der Waals surface area contributed by atoms with Gasteiger partial charge in [-0.05, 0) is 88.8 Å². The van der Waals surface area contributed by atoms with E-state index in [-0.39, 0.29) is 11.6 Å². The standard InChI is InChI=1S/C44H54N6O4/c1-43(2,3)54-42(51)49-25-27-50(28-26-49)44(4,5)34-21-23-48(24-22-34)35-17-18-36-38(29-35)47(6)46-40(36)37-19-20-39(52-30-32-13-9-7-10-14-32)45-41(37)53-31-33-15-11-8-12-16-33/h7-20,29,34H,21-28,30-31H2,1-6H3. The van der Waals surface area contributed by atoms with Gasteiger partial charge in [0.2, 0.25) is 11.8 Å². The van der Waals surface area contributed by atoms with Crippen LogP contribution in [0, 0.1) is 5.92 Å². The van der Waals surface area contributed by atoms with Gasteiger partial charge in [0.05, 0.1) is 11.1 Å². The molecule has 10 nitrogen and oxygen atoms in total. The highest BCUT2D eigenvalue weighted by Crippen LogP contribution is 2.39. The zero-order chi connectivity index (χ0) is 37.9. The summed E-state index contributed by atoms with van der Waals surface area (Å²) < 4.78 is 20.1. The summed E-state index contributed by atoms with van der Waals surface area (Å²) in [6.07, 6.45) is 2.02. The van der Waals surface area contributed by atoms with Gasteiger partial charge in [-0.1, -0.05) is 60.7 Å². The van der Waals surface area contributed by atoms with Crippen LogP contribution in [0.4, 0.5) is 10.5 Å². The Morgan fingerprint density at radius 1 is 0.759 bits per heavy atom. The van der Waals surface area contributed by atoms with Crippen molar-refractivity contribution in [2.24, 2.45) is 13.0 Å². The molecule has 0 saturated carbocycles. The van der Waals surface area contributed by atoms with Crippen LogP contribution in [0.5, 0.6) is 11.8 Å². The number of piperidine rings is 1. The number of benzene rings is 3. The van der Waals surface area contributed by atoms with Crippen molar-refractivity contribution in [2.45, 2.75) is 71.8 Å². The van der Waals surface area contributed by atoms with E-state index in [0.717, 1.165) is 72.3 Å². The highest BCUT2D eigenvalue weighted by molar-refractivity contribution is 5.96. The first-order chi connectivity index (χ1) is 25.9. The van der Waals surface area contributed by atoms with Crippen molar-refractivity contribution in [1.82, 2.24) is 24.6 Å². The van der Waals surface area contributed by atoms with E-state index in [4.69, 9.17) is 24.3 Å².